The Morgan fingerprint density at radius 2 is 2.05 bits per heavy atom. The lowest BCUT2D eigenvalue weighted by Crippen LogP contribution is -2.66. The molecule has 0 bridgehead atoms. The molecule has 0 radical (unpaired) electrons. The average molecular weight is 347 g/mol. The number of hydrogen-bond donors (Lipinski definition) is 0. The molecule has 22 heavy (non-hydrogen) atoms. The van der Waals surface area contributed by atoms with Crippen LogP contribution in [-0.4, -0.2) is 54.7 Å². The van der Waals surface area contributed by atoms with Gasteiger partial charge in [-0.2, -0.15) is 0 Å². The molecule has 2 atom stereocenters. The van der Waals surface area contributed by atoms with Gasteiger partial charge in [0.25, 0.3) is 0 Å². The summed E-state index contributed by atoms with van der Waals surface area (Å²) in [6.45, 7) is 12.5. The van der Waals surface area contributed by atoms with Crippen molar-refractivity contribution < 1.29 is 4.48 Å². The summed E-state index contributed by atoms with van der Waals surface area (Å²) >= 11 is 0. The highest BCUT2D eigenvalue weighted by molar-refractivity contribution is 7.14. The summed E-state index contributed by atoms with van der Waals surface area (Å²) in [5.41, 5.74) is 5.15. The van der Waals surface area contributed by atoms with E-state index in [4.69, 9.17) is 0 Å². The number of benzene rings is 1. The summed E-state index contributed by atoms with van der Waals surface area (Å²) in [5.74, 6) is 0. The second-order valence-corrected chi connectivity index (χ2v) is 17.7. The van der Waals surface area contributed by atoms with Crippen LogP contribution in [0.2, 0.25) is 25.7 Å². The minimum absolute atomic E-state index is 0.139. The molecule has 0 spiro atoms. The molecule has 1 nitrogen and oxygen atoms in total. The summed E-state index contributed by atoms with van der Waals surface area (Å²) in [6, 6.07) is 12.3. The minimum Gasteiger partial charge on any atom is -0.296 e. The maximum absolute atomic E-state index is 2.83. The summed E-state index contributed by atoms with van der Waals surface area (Å²) in [6.07, 6.45) is 6.36. The van der Waals surface area contributed by atoms with E-state index in [2.05, 4.69) is 74.8 Å². The molecule has 0 saturated carbocycles. The highest BCUT2D eigenvalue weighted by Gasteiger charge is 2.44. The molecular weight excluding hydrogens is 314 g/mol. The molecule has 1 aromatic carbocycles. The molecule has 1 aromatic rings. The molecule has 0 aliphatic carbocycles. The van der Waals surface area contributed by atoms with Crippen LogP contribution >= 0.6 is 0 Å². The third-order valence-electron chi connectivity index (χ3n) is 5.08. The van der Waals surface area contributed by atoms with Gasteiger partial charge in [0.2, 0.25) is 0 Å². The van der Waals surface area contributed by atoms with E-state index in [1.165, 1.54) is 35.6 Å². The van der Waals surface area contributed by atoms with Gasteiger partial charge in [-0.05, 0) is 24.6 Å². The Bertz CT molecular complexity index is 520. The lowest BCUT2D eigenvalue weighted by Gasteiger charge is -2.50. The van der Waals surface area contributed by atoms with Gasteiger partial charge < -0.3 is 0 Å². The fraction of sp³-hybridized carbons (Fsp3) is 0.500. The lowest BCUT2D eigenvalue weighted by atomic mass is 10.1. The van der Waals surface area contributed by atoms with Crippen LogP contribution < -0.4 is 0 Å². The van der Waals surface area contributed by atoms with E-state index < -0.39 is 8.80 Å². The van der Waals surface area contributed by atoms with Crippen molar-refractivity contribution in [2.45, 2.75) is 44.7 Å². The number of rotatable bonds is 7. The van der Waals surface area contributed by atoms with Crippen molar-refractivity contribution in [3.63, 3.8) is 0 Å². The summed E-state index contributed by atoms with van der Waals surface area (Å²) in [5, 5.41) is 0. The normalized spacial score (nSPS) is 26.2. The fourth-order valence-corrected chi connectivity index (χ4v) is 14.6. The summed E-state index contributed by atoms with van der Waals surface area (Å²) in [7, 11) is -0.452. The van der Waals surface area contributed by atoms with Gasteiger partial charge in [0, 0.05) is 24.3 Å². The predicted molar refractivity (Wildman–Crippen MR) is 109 cm³/mol. The maximum Gasteiger partial charge on any atom is 0.0966 e. The van der Waals surface area contributed by atoms with Crippen LogP contribution in [0.1, 0.15) is 18.9 Å². The Balaban J connectivity index is 2.15. The Kier molecular flexibility index (Phi) is 6.74. The minimum atomic E-state index is -0.419. The summed E-state index contributed by atoms with van der Waals surface area (Å²) < 4.78 is 1.26. The van der Waals surface area contributed by atoms with Crippen LogP contribution in [0.3, 0.4) is 0 Å². The van der Waals surface area contributed by atoms with Gasteiger partial charge in [0.1, 0.15) is 0 Å². The molecule has 0 aromatic heterocycles. The van der Waals surface area contributed by atoms with Crippen LogP contribution in [0.15, 0.2) is 36.5 Å². The van der Waals surface area contributed by atoms with Gasteiger partial charge in [0.05, 0.1) is 32.9 Å². The first-order chi connectivity index (χ1) is 10.6. The van der Waals surface area contributed by atoms with E-state index in [0.29, 0.717) is 0 Å². The standard InChI is InChI=1S/C18H32NSi3/c1-5-19(13-11-17-9-7-6-8-10-17)14-12-18(19)22(20-2)16-15-21(3)4/h6-11,13,16,18,21H,5,12,14-15,20H2,1-4H3/q+1/b13-11?,22-16-. The second kappa shape index (κ2) is 8.34. The number of likely N-dealkylation sites (tertiary alicyclic amines) is 1. The first-order valence-corrected chi connectivity index (χ1v) is 17.4. The Morgan fingerprint density at radius 1 is 1.32 bits per heavy atom. The van der Waals surface area contributed by atoms with E-state index >= 15 is 0 Å². The van der Waals surface area contributed by atoms with Crippen molar-refractivity contribution in [1.29, 1.82) is 0 Å². The fourth-order valence-electron chi connectivity index (χ4n) is 3.47. The van der Waals surface area contributed by atoms with Gasteiger partial charge in [-0.25, -0.2) is 0 Å². The van der Waals surface area contributed by atoms with Gasteiger partial charge in [-0.15, -0.1) is 5.67 Å². The smallest absolute Gasteiger partial charge is 0.0966 e. The monoisotopic (exact) mass is 346 g/mol. The van der Waals surface area contributed by atoms with Crippen molar-refractivity contribution in [3.8, 4) is 0 Å². The van der Waals surface area contributed by atoms with Gasteiger partial charge >= 0.3 is 0 Å². The van der Waals surface area contributed by atoms with Crippen molar-refractivity contribution in [3.05, 3.63) is 42.1 Å². The third-order valence-corrected chi connectivity index (χ3v) is 14.7. The van der Waals surface area contributed by atoms with Crippen LogP contribution in [-0.2, 0) is 0 Å². The van der Waals surface area contributed by atoms with Crippen molar-refractivity contribution in [1.82, 2.24) is 0 Å². The van der Waals surface area contributed by atoms with Crippen LogP contribution in [0.5, 0.6) is 0 Å². The molecule has 2 rings (SSSR count). The van der Waals surface area contributed by atoms with E-state index in [9.17, 15) is 0 Å². The predicted octanol–water partition coefficient (Wildman–Crippen LogP) is 2.88. The van der Waals surface area contributed by atoms with Crippen LogP contribution in [0.25, 0.3) is 6.08 Å². The Morgan fingerprint density at radius 3 is 2.55 bits per heavy atom. The topological polar surface area (TPSA) is 0 Å². The zero-order valence-electron chi connectivity index (χ0n) is 14.8. The summed E-state index contributed by atoms with van der Waals surface area (Å²) in [4.78, 5) is 0. The first kappa shape index (κ1) is 17.8. The zero-order chi connectivity index (χ0) is 16.0. The quantitative estimate of drug-likeness (QED) is 0.526. The maximum atomic E-state index is 2.83. The van der Waals surface area contributed by atoms with E-state index in [1.54, 1.807) is 0 Å². The van der Waals surface area contributed by atoms with Gasteiger partial charge in [-0.1, -0.05) is 50.0 Å². The zero-order valence-corrected chi connectivity index (χ0v) is 18.3. The van der Waals surface area contributed by atoms with E-state index in [0.717, 1.165) is 5.67 Å². The molecule has 1 fully saturated rings. The van der Waals surface area contributed by atoms with Gasteiger partial charge in [0.15, 0.2) is 0 Å². The highest BCUT2D eigenvalue weighted by atomic mass is 29.2. The third kappa shape index (κ3) is 4.25. The molecule has 1 saturated heterocycles. The number of nitrogens with zero attached hydrogens (tertiary/aromatic N) is 1. The molecular formula is C18H32NSi3+. The average Bonchev–Trinajstić information content (AvgIpc) is 2.52. The molecule has 1 aliphatic rings. The van der Waals surface area contributed by atoms with Crippen molar-refractivity contribution in [2.24, 2.45) is 0 Å². The van der Waals surface area contributed by atoms with Crippen molar-refractivity contribution >= 4 is 37.5 Å². The molecule has 2 unspecified atom stereocenters. The number of quaternary nitrogens is 1. The van der Waals surface area contributed by atoms with E-state index in [-0.39, 0.29) is 17.0 Å². The number of hydrogen-bond acceptors (Lipinski definition) is 0. The molecule has 1 heterocycles. The largest absolute Gasteiger partial charge is 0.296 e. The SMILES string of the molecule is CC[N+]1(C=Cc2ccccc2)CCC1/[Si](=C/C[SiH](C)C)[SiH2]C. The lowest BCUT2D eigenvalue weighted by molar-refractivity contribution is -0.929. The second-order valence-electron chi connectivity index (χ2n) is 6.94. The highest BCUT2D eigenvalue weighted by Crippen LogP contribution is 2.30. The van der Waals surface area contributed by atoms with Crippen LogP contribution in [0.4, 0.5) is 0 Å². The molecule has 0 amide bonds. The van der Waals surface area contributed by atoms with Gasteiger partial charge in [-0.3, -0.25) is 4.48 Å². The molecule has 4 heteroatoms. The van der Waals surface area contributed by atoms with Crippen molar-refractivity contribution in [2.75, 3.05) is 13.1 Å². The first-order valence-electron chi connectivity index (χ1n) is 8.91. The molecule has 1 aliphatic heterocycles. The molecule has 120 valence electrons. The van der Waals surface area contributed by atoms with Crippen LogP contribution in [0, 0.1) is 0 Å². The Labute approximate surface area is 142 Å². The van der Waals surface area contributed by atoms with E-state index in [1.807, 2.05) is 0 Å². The molecule has 0 N–H and O–H groups in total. The Hall–Kier alpha value is -0.559.